The fourth-order valence-corrected chi connectivity index (χ4v) is 2.15. The third-order valence-corrected chi connectivity index (χ3v) is 4.05. The number of phenols is 1. The molecule has 1 aromatic heterocycles. The Morgan fingerprint density at radius 3 is 2.50 bits per heavy atom. The van der Waals surface area contributed by atoms with Gasteiger partial charge in [0.1, 0.15) is 5.75 Å². The number of carbonyl (C=O) groups is 1. The quantitative estimate of drug-likeness (QED) is 0.857. The predicted octanol–water partition coefficient (Wildman–Crippen LogP) is 3.59. The zero-order valence-electron chi connectivity index (χ0n) is 12.7. The van der Waals surface area contributed by atoms with E-state index in [4.69, 9.17) is 11.6 Å². The van der Waals surface area contributed by atoms with Crippen LogP contribution in [0.15, 0.2) is 48.7 Å². The van der Waals surface area contributed by atoms with Crippen LogP contribution in [0.4, 0.5) is 5.69 Å². The number of rotatable bonds is 5. The van der Waals surface area contributed by atoms with Crippen molar-refractivity contribution in [2.75, 3.05) is 10.8 Å². The van der Waals surface area contributed by atoms with E-state index in [0.29, 0.717) is 5.69 Å². The van der Waals surface area contributed by atoms with Crippen LogP contribution in [0.2, 0.25) is 0 Å². The molecule has 4 nitrogen and oxygen atoms in total. The molecule has 2 aromatic rings. The monoisotopic (exact) mass is 318 g/mol. The second-order valence-electron chi connectivity index (χ2n) is 5.72. The molecule has 22 heavy (non-hydrogen) atoms. The molecular formula is C17H19ClN2O2. The lowest BCUT2D eigenvalue weighted by molar-refractivity contribution is -0.125. The van der Waals surface area contributed by atoms with Crippen molar-refractivity contribution < 1.29 is 9.90 Å². The number of para-hydroxylation sites is 2. The molecule has 0 aliphatic heterocycles. The molecule has 1 aromatic carbocycles. The standard InChI is InChI=1S/C17H19ClN2O2/c1-17(2,12-18)16(22)20(11-13-7-5-6-10-19-13)14-8-3-4-9-15(14)21/h3-10,21H,11-12H2,1-2H3. The largest absolute Gasteiger partial charge is 0.506 e. The number of pyridine rings is 1. The third kappa shape index (κ3) is 3.57. The van der Waals surface area contributed by atoms with Crippen molar-refractivity contribution in [2.45, 2.75) is 20.4 Å². The molecule has 0 aliphatic rings. The van der Waals surface area contributed by atoms with Crippen LogP contribution in [0, 0.1) is 5.41 Å². The number of anilines is 1. The number of aromatic hydroxyl groups is 1. The average Bonchev–Trinajstić information content (AvgIpc) is 2.54. The van der Waals surface area contributed by atoms with Crippen LogP contribution in [0.5, 0.6) is 5.75 Å². The minimum atomic E-state index is -0.737. The molecule has 2 rings (SSSR count). The van der Waals surface area contributed by atoms with E-state index in [0.717, 1.165) is 5.69 Å². The summed E-state index contributed by atoms with van der Waals surface area (Å²) in [6, 6.07) is 12.3. The lowest BCUT2D eigenvalue weighted by atomic mass is 9.93. The molecule has 0 aliphatic carbocycles. The number of amides is 1. The molecule has 0 atom stereocenters. The van der Waals surface area contributed by atoms with Crippen molar-refractivity contribution >= 4 is 23.2 Å². The van der Waals surface area contributed by atoms with Crippen LogP contribution in [0.1, 0.15) is 19.5 Å². The maximum atomic E-state index is 12.9. The van der Waals surface area contributed by atoms with E-state index in [-0.39, 0.29) is 24.1 Å². The highest BCUT2D eigenvalue weighted by atomic mass is 35.5. The highest BCUT2D eigenvalue weighted by Crippen LogP contribution is 2.32. The molecule has 0 spiro atoms. The van der Waals surface area contributed by atoms with Crippen LogP contribution >= 0.6 is 11.6 Å². The normalized spacial score (nSPS) is 11.2. The summed E-state index contributed by atoms with van der Waals surface area (Å²) in [6.07, 6.45) is 1.68. The van der Waals surface area contributed by atoms with Gasteiger partial charge in [0.2, 0.25) is 5.91 Å². The molecule has 0 radical (unpaired) electrons. The Morgan fingerprint density at radius 2 is 1.91 bits per heavy atom. The van der Waals surface area contributed by atoms with Gasteiger partial charge in [0.15, 0.2) is 0 Å². The summed E-state index contributed by atoms with van der Waals surface area (Å²) in [6.45, 7) is 3.85. The van der Waals surface area contributed by atoms with E-state index in [9.17, 15) is 9.90 Å². The number of halogens is 1. The number of hydrogen-bond donors (Lipinski definition) is 1. The lowest BCUT2D eigenvalue weighted by Gasteiger charge is -2.31. The highest BCUT2D eigenvalue weighted by Gasteiger charge is 2.33. The summed E-state index contributed by atoms with van der Waals surface area (Å²) in [4.78, 5) is 18.6. The van der Waals surface area contributed by atoms with Crippen LogP contribution in [-0.4, -0.2) is 21.9 Å². The number of nitrogens with zero attached hydrogens (tertiary/aromatic N) is 2. The Morgan fingerprint density at radius 1 is 1.23 bits per heavy atom. The fourth-order valence-electron chi connectivity index (χ4n) is 2.03. The maximum Gasteiger partial charge on any atom is 0.234 e. The first-order valence-corrected chi connectivity index (χ1v) is 7.55. The zero-order valence-corrected chi connectivity index (χ0v) is 13.4. The zero-order chi connectivity index (χ0) is 16.2. The molecule has 116 valence electrons. The van der Waals surface area contributed by atoms with Crippen molar-refractivity contribution in [1.29, 1.82) is 0 Å². The first-order valence-electron chi connectivity index (χ1n) is 7.01. The van der Waals surface area contributed by atoms with Gasteiger partial charge in [-0.2, -0.15) is 0 Å². The molecule has 1 amide bonds. The van der Waals surface area contributed by atoms with E-state index in [1.807, 2.05) is 18.2 Å². The molecule has 0 saturated heterocycles. The van der Waals surface area contributed by atoms with Gasteiger partial charge < -0.3 is 10.0 Å². The summed E-state index contributed by atoms with van der Waals surface area (Å²) in [5, 5.41) is 10.1. The Labute approximate surface area is 135 Å². The van der Waals surface area contributed by atoms with Gasteiger partial charge in [-0.25, -0.2) is 0 Å². The van der Waals surface area contributed by atoms with E-state index in [2.05, 4.69) is 4.98 Å². The minimum Gasteiger partial charge on any atom is -0.506 e. The number of carbonyl (C=O) groups excluding carboxylic acids is 1. The van der Waals surface area contributed by atoms with Crippen molar-refractivity contribution in [3.63, 3.8) is 0 Å². The summed E-state index contributed by atoms with van der Waals surface area (Å²) in [5.41, 5.74) is 0.458. The van der Waals surface area contributed by atoms with Gasteiger partial charge in [0, 0.05) is 12.1 Å². The van der Waals surface area contributed by atoms with Gasteiger partial charge in [-0.05, 0) is 38.1 Å². The number of aromatic nitrogens is 1. The van der Waals surface area contributed by atoms with Gasteiger partial charge in [-0.1, -0.05) is 18.2 Å². The summed E-state index contributed by atoms with van der Waals surface area (Å²) >= 11 is 5.94. The predicted molar refractivity (Wildman–Crippen MR) is 88.0 cm³/mol. The second kappa shape index (κ2) is 6.79. The smallest absolute Gasteiger partial charge is 0.234 e. The van der Waals surface area contributed by atoms with Gasteiger partial charge in [0.25, 0.3) is 0 Å². The number of benzene rings is 1. The van der Waals surface area contributed by atoms with Gasteiger partial charge in [-0.3, -0.25) is 9.78 Å². The number of phenolic OH excluding ortho intramolecular Hbond substituents is 1. The molecule has 0 bridgehead atoms. The van der Waals surface area contributed by atoms with Gasteiger partial charge >= 0.3 is 0 Å². The van der Waals surface area contributed by atoms with Gasteiger partial charge in [0.05, 0.1) is 23.3 Å². The third-order valence-electron chi connectivity index (χ3n) is 3.38. The summed E-state index contributed by atoms with van der Waals surface area (Å²) in [5.74, 6) is 0.0878. The molecule has 0 fully saturated rings. The second-order valence-corrected chi connectivity index (χ2v) is 5.99. The Kier molecular flexibility index (Phi) is 5.03. The van der Waals surface area contributed by atoms with Crippen molar-refractivity contribution in [3.8, 4) is 5.75 Å². The molecular weight excluding hydrogens is 300 g/mol. The SMILES string of the molecule is CC(C)(CCl)C(=O)N(Cc1ccccn1)c1ccccc1O. The van der Waals surface area contributed by atoms with Crippen LogP contribution in [0.3, 0.4) is 0 Å². The fraction of sp³-hybridized carbons (Fsp3) is 0.294. The Hall–Kier alpha value is -2.07. The van der Waals surface area contributed by atoms with Crippen molar-refractivity contribution in [1.82, 2.24) is 4.98 Å². The minimum absolute atomic E-state index is 0.0529. The molecule has 1 heterocycles. The van der Waals surface area contributed by atoms with Crippen LogP contribution in [0.25, 0.3) is 0 Å². The van der Waals surface area contributed by atoms with E-state index < -0.39 is 5.41 Å². The van der Waals surface area contributed by atoms with E-state index in [1.165, 1.54) is 4.90 Å². The molecule has 0 unspecified atom stereocenters. The molecule has 5 heteroatoms. The number of hydrogen-bond acceptors (Lipinski definition) is 3. The van der Waals surface area contributed by atoms with Crippen molar-refractivity contribution in [2.24, 2.45) is 5.41 Å². The summed E-state index contributed by atoms with van der Waals surface area (Å²) in [7, 11) is 0. The highest BCUT2D eigenvalue weighted by molar-refractivity contribution is 6.20. The molecule has 1 N–H and O–H groups in total. The Balaban J connectivity index is 2.41. The van der Waals surface area contributed by atoms with Gasteiger partial charge in [-0.15, -0.1) is 11.6 Å². The lowest BCUT2D eigenvalue weighted by Crippen LogP contribution is -2.42. The average molecular weight is 319 g/mol. The summed E-state index contributed by atoms with van der Waals surface area (Å²) < 4.78 is 0. The van der Waals surface area contributed by atoms with Crippen LogP contribution in [-0.2, 0) is 11.3 Å². The van der Waals surface area contributed by atoms with Crippen molar-refractivity contribution in [3.05, 3.63) is 54.4 Å². The van der Waals surface area contributed by atoms with E-state index in [1.54, 1.807) is 44.3 Å². The van der Waals surface area contributed by atoms with E-state index >= 15 is 0 Å². The number of alkyl halides is 1. The van der Waals surface area contributed by atoms with Crippen LogP contribution < -0.4 is 4.90 Å². The maximum absolute atomic E-state index is 12.9. The molecule has 0 saturated carbocycles. The topological polar surface area (TPSA) is 53.4 Å². The Bertz CT molecular complexity index is 644. The first kappa shape index (κ1) is 16.3. The first-order chi connectivity index (χ1) is 10.5.